The van der Waals surface area contributed by atoms with Crippen LogP contribution in [0.4, 0.5) is 4.79 Å². The summed E-state index contributed by atoms with van der Waals surface area (Å²) in [5.74, 6) is 1.36. The lowest BCUT2D eigenvalue weighted by Gasteiger charge is -2.27. The number of carbonyl (C=O) groups excluding carboxylic acids is 2. The summed E-state index contributed by atoms with van der Waals surface area (Å²) in [6.45, 7) is -1.16. The van der Waals surface area contributed by atoms with Crippen LogP contribution in [0.1, 0.15) is 41.5 Å². The molecule has 0 fully saturated rings. The van der Waals surface area contributed by atoms with Gasteiger partial charge >= 0.3 is 6.09 Å². The molecule has 4 aromatic carbocycles. The Balaban J connectivity index is 1.59. The minimum atomic E-state index is -4.89. The van der Waals surface area contributed by atoms with Crippen molar-refractivity contribution in [3.05, 3.63) is 113 Å². The molecule has 0 radical (unpaired) electrons. The van der Waals surface area contributed by atoms with E-state index in [9.17, 15) is 18.0 Å². The first-order valence-corrected chi connectivity index (χ1v) is 21.2. The number of sulfonamides is 2. The third kappa shape index (κ3) is 10.3. The lowest BCUT2D eigenvalue weighted by molar-refractivity contribution is -0.114. The first-order chi connectivity index (χ1) is 28.3. The van der Waals surface area contributed by atoms with Gasteiger partial charge < -0.3 is 24.7 Å². The third-order valence-corrected chi connectivity index (χ3v) is 12.9. The quantitative estimate of drug-likeness (QED) is 0.117. The van der Waals surface area contributed by atoms with Gasteiger partial charge in [-0.2, -0.15) is 9.10 Å². The van der Waals surface area contributed by atoms with Gasteiger partial charge in [0, 0.05) is 26.1 Å². The van der Waals surface area contributed by atoms with E-state index in [1.54, 1.807) is 79.9 Å². The number of ether oxygens (including phenoxy) is 4. The number of nitrogens with two attached hydrogens (primary N) is 1. The van der Waals surface area contributed by atoms with Crippen LogP contribution in [0.15, 0.2) is 101 Å². The van der Waals surface area contributed by atoms with E-state index >= 15 is 8.42 Å². The molecule has 0 saturated carbocycles. The van der Waals surface area contributed by atoms with Gasteiger partial charge in [0.15, 0.2) is 5.78 Å². The normalized spacial score (nSPS) is 13.2. The Morgan fingerprint density at radius 2 is 1.36 bits per heavy atom. The predicted molar refractivity (Wildman–Crippen MR) is 215 cm³/mol. The number of ketones is 1. The Bertz CT molecular complexity index is 2490. The Morgan fingerprint density at radius 1 is 0.797 bits per heavy atom. The zero-order chi connectivity index (χ0) is 42.2. The molecule has 310 valence electrons. The SMILES string of the molecule is COc1ccc(CN(Cc2ccc(OC)cc2)S(=O)(=O)c2c(S(=O)(=O)NCCOC(N)=O)ccc(C3=CC(=O)CCC3)c2-c2nnn(Cc3ccc(OC)cc3)n2)cc1. The molecule has 3 N–H and O–H groups in total. The van der Waals surface area contributed by atoms with E-state index in [2.05, 4.69) is 20.1 Å². The maximum absolute atomic E-state index is 15.6. The second kappa shape index (κ2) is 18.6. The summed E-state index contributed by atoms with van der Waals surface area (Å²) in [7, 11) is -5.03. The number of amides is 1. The first kappa shape index (κ1) is 42.5. The summed E-state index contributed by atoms with van der Waals surface area (Å²) < 4.78 is 84.0. The van der Waals surface area contributed by atoms with Gasteiger partial charge in [-0.3, -0.25) is 4.79 Å². The number of tetrazole rings is 1. The molecular formula is C40H43N7O10S2. The molecule has 0 bridgehead atoms. The van der Waals surface area contributed by atoms with E-state index < -0.39 is 49.1 Å². The molecule has 5 aromatic rings. The van der Waals surface area contributed by atoms with Crippen molar-refractivity contribution in [2.24, 2.45) is 5.73 Å². The summed E-state index contributed by atoms with van der Waals surface area (Å²) in [6, 6.07) is 23.3. The maximum atomic E-state index is 15.6. The number of primary amides is 1. The lowest BCUT2D eigenvalue weighted by atomic mass is 9.90. The van der Waals surface area contributed by atoms with Crippen LogP contribution in [0, 0.1) is 0 Å². The van der Waals surface area contributed by atoms with Crippen LogP contribution in [0.25, 0.3) is 17.0 Å². The number of hydrogen-bond acceptors (Lipinski definition) is 13. The fourth-order valence-electron chi connectivity index (χ4n) is 6.46. The van der Waals surface area contributed by atoms with Crippen molar-refractivity contribution in [2.75, 3.05) is 34.5 Å². The minimum absolute atomic E-state index is 0.121. The fraction of sp³-hybridized carbons (Fsp3) is 0.275. The third-order valence-electron chi connectivity index (χ3n) is 9.39. The molecule has 0 aliphatic heterocycles. The molecule has 1 amide bonds. The number of benzene rings is 4. The molecule has 19 heteroatoms. The van der Waals surface area contributed by atoms with E-state index in [1.807, 2.05) is 0 Å². The minimum Gasteiger partial charge on any atom is -0.497 e. The molecule has 0 atom stereocenters. The summed E-state index contributed by atoms with van der Waals surface area (Å²) in [5.41, 5.74) is 7.53. The molecule has 0 unspecified atom stereocenters. The monoisotopic (exact) mass is 845 g/mol. The molecule has 1 heterocycles. The van der Waals surface area contributed by atoms with Crippen LogP contribution in [0.2, 0.25) is 0 Å². The van der Waals surface area contributed by atoms with Gasteiger partial charge in [-0.05, 0) is 94.4 Å². The standard InChI is InChI=1S/C40H43N7O10S2/c1-54-32-13-7-27(8-14-32)24-46(25-28-9-15-33(55-2)16-10-28)59(52,53)38-36(58(50,51)42-21-22-57-40(41)49)20-19-35(30-5-4-6-31(48)23-30)37(38)39-43-45-47(44-39)26-29-11-17-34(56-3)18-12-29/h7-20,23,42H,4-6,21-22,24-26H2,1-3H3,(H2,41,49). The van der Waals surface area contributed by atoms with Crippen LogP contribution in [0.3, 0.4) is 0 Å². The lowest BCUT2D eigenvalue weighted by Crippen LogP contribution is -2.34. The molecule has 1 aliphatic rings. The molecule has 1 aliphatic carbocycles. The molecule has 59 heavy (non-hydrogen) atoms. The number of carbonyl (C=O) groups is 2. The summed E-state index contributed by atoms with van der Waals surface area (Å²) in [5, 5.41) is 13.1. The Morgan fingerprint density at radius 3 is 1.88 bits per heavy atom. The molecule has 17 nitrogen and oxygen atoms in total. The van der Waals surface area contributed by atoms with E-state index in [-0.39, 0.29) is 42.4 Å². The molecule has 6 rings (SSSR count). The Labute approximate surface area is 341 Å². The van der Waals surface area contributed by atoms with Gasteiger partial charge in [0.2, 0.25) is 25.9 Å². The van der Waals surface area contributed by atoms with Crippen LogP contribution < -0.4 is 24.7 Å². The highest BCUT2D eigenvalue weighted by Gasteiger charge is 2.38. The van der Waals surface area contributed by atoms with Crippen LogP contribution in [-0.4, -0.2) is 87.7 Å². The summed E-state index contributed by atoms with van der Waals surface area (Å²) in [4.78, 5) is 24.0. The van der Waals surface area contributed by atoms with Crippen molar-refractivity contribution in [2.45, 2.75) is 48.7 Å². The Hall–Kier alpha value is -6.15. The van der Waals surface area contributed by atoms with Crippen molar-refractivity contribution < 1.29 is 45.4 Å². The zero-order valence-electron chi connectivity index (χ0n) is 32.5. The van der Waals surface area contributed by atoms with Crippen LogP contribution in [-0.2, 0) is 49.2 Å². The Kier molecular flexibility index (Phi) is 13.4. The van der Waals surface area contributed by atoms with Crippen molar-refractivity contribution >= 4 is 37.5 Å². The highest BCUT2D eigenvalue weighted by atomic mass is 32.2. The fourth-order valence-corrected chi connectivity index (χ4v) is 9.88. The number of methoxy groups -OCH3 is 3. The number of nitrogens with zero attached hydrogens (tertiary/aromatic N) is 5. The van der Waals surface area contributed by atoms with Crippen molar-refractivity contribution in [1.29, 1.82) is 0 Å². The molecule has 1 aromatic heterocycles. The molecule has 0 saturated heterocycles. The van der Waals surface area contributed by atoms with Crippen molar-refractivity contribution in [3.8, 4) is 28.6 Å². The topological polar surface area (TPSA) is 224 Å². The van der Waals surface area contributed by atoms with Gasteiger partial charge in [-0.25, -0.2) is 26.4 Å². The van der Waals surface area contributed by atoms with Crippen LogP contribution in [0.5, 0.6) is 17.2 Å². The van der Waals surface area contributed by atoms with Crippen molar-refractivity contribution in [1.82, 2.24) is 29.2 Å². The molecular weight excluding hydrogens is 803 g/mol. The van der Waals surface area contributed by atoms with E-state index in [0.29, 0.717) is 53.2 Å². The smallest absolute Gasteiger partial charge is 0.404 e. The largest absolute Gasteiger partial charge is 0.497 e. The van der Waals surface area contributed by atoms with Gasteiger partial charge in [-0.15, -0.1) is 10.2 Å². The van der Waals surface area contributed by atoms with Crippen molar-refractivity contribution in [3.63, 3.8) is 0 Å². The summed E-state index contributed by atoms with van der Waals surface area (Å²) in [6.07, 6.45) is 1.47. The highest BCUT2D eigenvalue weighted by Crippen LogP contribution is 2.41. The van der Waals surface area contributed by atoms with E-state index in [0.717, 1.165) is 9.87 Å². The highest BCUT2D eigenvalue weighted by molar-refractivity contribution is 7.92. The summed E-state index contributed by atoms with van der Waals surface area (Å²) >= 11 is 0. The van der Waals surface area contributed by atoms with Gasteiger partial charge in [-0.1, -0.05) is 42.5 Å². The number of allylic oxidation sites excluding steroid dienone is 2. The maximum Gasteiger partial charge on any atom is 0.404 e. The van der Waals surface area contributed by atoms with Gasteiger partial charge in [0.1, 0.15) is 33.6 Å². The first-order valence-electron chi connectivity index (χ1n) is 18.3. The molecule has 0 spiro atoms. The van der Waals surface area contributed by atoms with Gasteiger partial charge in [0.05, 0.1) is 33.4 Å². The number of rotatable bonds is 18. The van der Waals surface area contributed by atoms with Crippen LogP contribution >= 0.6 is 0 Å². The second-order valence-corrected chi connectivity index (χ2v) is 16.9. The number of aromatic nitrogens is 4. The van der Waals surface area contributed by atoms with E-state index in [1.165, 1.54) is 37.2 Å². The average Bonchev–Trinajstić information content (AvgIpc) is 3.70. The average molecular weight is 846 g/mol. The zero-order valence-corrected chi connectivity index (χ0v) is 34.2. The van der Waals surface area contributed by atoms with Gasteiger partial charge in [0.25, 0.3) is 0 Å². The number of hydrogen-bond donors (Lipinski definition) is 2. The van der Waals surface area contributed by atoms with E-state index in [4.69, 9.17) is 24.7 Å². The number of nitrogens with one attached hydrogen (secondary N) is 1. The second-order valence-electron chi connectivity index (χ2n) is 13.3. The predicted octanol–water partition coefficient (Wildman–Crippen LogP) is 4.32.